The third kappa shape index (κ3) is 4.52. The number of anilines is 1. The van der Waals surface area contributed by atoms with Gasteiger partial charge in [-0.05, 0) is 36.1 Å². The molecule has 2 heterocycles. The largest absolute Gasteiger partial charge is 0.341 e. The molecule has 2 aromatic rings. The minimum Gasteiger partial charge on any atom is -0.341 e. The van der Waals surface area contributed by atoms with Crippen molar-refractivity contribution in [2.24, 2.45) is 16.2 Å². The standard InChI is InChI=1S/C24H23N5O5S/c1-15(2)11-12-28-22(30)20(21-26-18-9-5-6-10-19(18)35(33,34)27-21)23(31)29(24(28)32)14-17-8-4-3-7-16(17)13-25/h3-10,15,20H,11-12,14H2,1-2H3,(H,26,27). The SMILES string of the molecule is CC(C)CCN1C(=O)C(C2=NS(=O)(=O)c3ccccc3N2)C(=O)N(Cc2ccccc2C#N)C1=O. The van der Waals surface area contributed by atoms with Crippen LogP contribution in [0.15, 0.2) is 57.8 Å². The van der Waals surface area contributed by atoms with Gasteiger partial charge in [0.15, 0.2) is 5.92 Å². The highest BCUT2D eigenvalue weighted by Gasteiger charge is 2.49. The van der Waals surface area contributed by atoms with E-state index in [9.17, 15) is 28.1 Å². The zero-order valence-corrected chi connectivity index (χ0v) is 19.9. The number of hydrogen-bond acceptors (Lipinski definition) is 7. The molecule has 1 fully saturated rings. The molecule has 1 unspecified atom stereocenters. The number of sulfonamides is 1. The maximum absolute atomic E-state index is 13.5. The lowest BCUT2D eigenvalue weighted by molar-refractivity contribution is -0.146. The topological polar surface area (TPSA) is 140 Å². The Morgan fingerprint density at radius 2 is 1.69 bits per heavy atom. The Bertz CT molecular complexity index is 1390. The van der Waals surface area contributed by atoms with Crippen molar-refractivity contribution in [3.63, 3.8) is 0 Å². The molecule has 0 radical (unpaired) electrons. The number of fused-ring (bicyclic) bond motifs is 1. The quantitative estimate of drug-likeness (QED) is 0.610. The fourth-order valence-electron chi connectivity index (χ4n) is 3.92. The van der Waals surface area contributed by atoms with Gasteiger partial charge in [-0.1, -0.05) is 44.2 Å². The lowest BCUT2D eigenvalue weighted by Crippen LogP contribution is -2.62. The number of imide groups is 2. The molecule has 4 amide bonds. The van der Waals surface area contributed by atoms with Crippen LogP contribution in [0.5, 0.6) is 0 Å². The van der Waals surface area contributed by atoms with Crippen LogP contribution in [0, 0.1) is 23.2 Å². The van der Waals surface area contributed by atoms with E-state index in [1.54, 1.807) is 30.3 Å². The Kier molecular flexibility index (Phi) is 6.41. The molecule has 4 rings (SSSR count). The second-order valence-electron chi connectivity index (χ2n) is 8.65. The second kappa shape index (κ2) is 9.31. The van der Waals surface area contributed by atoms with Gasteiger partial charge in [0, 0.05) is 6.54 Å². The highest BCUT2D eigenvalue weighted by Crippen LogP contribution is 2.31. The summed E-state index contributed by atoms with van der Waals surface area (Å²) >= 11 is 0. The first-order chi connectivity index (χ1) is 16.6. The first-order valence-corrected chi connectivity index (χ1v) is 12.4. The predicted octanol–water partition coefficient (Wildman–Crippen LogP) is 2.72. The Balaban J connectivity index is 1.77. The third-order valence-corrected chi connectivity index (χ3v) is 7.15. The Labute approximate surface area is 202 Å². The second-order valence-corrected chi connectivity index (χ2v) is 10.2. The molecule has 0 aliphatic carbocycles. The molecule has 35 heavy (non-hydrogen) atoms. The number of nitrogens with zero attached hydrogens (tertiary/aromatic N) is 4. The molecule has 0 bridgehead atoms. The zero-order chi connectivity index (χ0) is 25.3. The molecule has 2 aliphatic rings. The lowest BCUT2D eigenvalue weighted by atomic mass is 9.99. The van der Waals surface area contributed by atoms with E-state index in [-0.39, 0.29) is 41.0 Å². The summed E-state index contributed by atoms with van der Waals surface area (Å²) in [6.45, 7) is 3.66. The highest BCUT2D eigenvalue weighted by molar-refractivity contribution is 7.90. The number of hydrogen-bond donors (Lipinski definition) is 1. The first kappa shape index (κ1) is 24.1. The molecular weight excluding hydrogens is 470 g/mol. The van der Waals surface area contributed by atoms with Crippen LogP contribution in [-0.2, 0) is 26.2 Å². The van der Waals surface area contributed by atoms with Gasteiger partial charge in [-0.3, -0.25) is 19.4 Å². The van der Waals surface area contributed by atoms with Crippen molar-refractivity contribution in [1.82, 2.24) is 9.80 Å². The smallest absolute Gasteiger partial charge is 0.333 e. The van der Waals surface area contributed by atoms with Gasteiger partial charge >= 0.3 is 6.03 Å². The molecular formula is C24H23N5O5S. The maximum atomic E-state index is 13.5. The number of barbiturate groups is 1. The zero-order valence-electron chi connectivity index (χ0n) is 19.1. The number of rotatable bonds is 6. The minimum atomic E-state index is -4.18. The average molecular weight is 494 g/mol. The summed E-state index contributed by atoms with van der Waals surface area (Å²) in [6.07, 6.45) is 0.488. The molecule has 11 heteroatoms. The number of amidine groups is 1. The van der Waals surface area contributed by atoms with Crippen molar-refractivity contribution in [2.75, 3.05) is 11.9 Å². The van der Waals surface area contributed by atoms with Crippen molar-refractivity contribution in [1.29, 1.82) is 5.26 Å². The Hall–Kier alpha value is -4.04. The minimum absolute atomic E-state index is 0.0477. The molecule has 2 aliphatic heterocycles. The Morgan fingerprint density at radius 1 is 1.03 bits per heavy atom. The summed E-state index contributed by atoms with van der Waals surface area (Å²) < 4.78 is 29.3. The monoisotopic (exact) mass is 493 g/mol. The summed E-state index contributed by atoms with van der Waals surface area (Å²) in [6, 6.07) is 13.7. The van der Waals surface area contributed by atoms with Crippen LogP contribution in [0.4, 0.5) is 10.5 Å². The number of para-hydroxylation sites is 1. The van der Waals surface area contributed by atoms with Crippen LogP contribution in [0.2, 0.25) is 0 Å². The van der Waals surface area contributed by atoms with Crippen LogP contribution in [0.25, 0.3) is 0 Å². The summed E-state index contributed by atoms with van der Waals surface area (Å²) in [4.78, 5) is 41.9. The van der Waals surface area contributed by atoms with Crippen molar-refractivity contribution in [2.45, 2.75) is 31.7 Å². The van der Waals surface area contributed by atoms with E-state index in [4.69, 9.17) is 0 Å². The highest BCUT2D eigenvalue weighted by atomic mass is 32.2. The molecule has 0 aromatic heterocycles. The Morgan fingerprint density at radius 3 is 2.40 bits per heavy atom. The number of carbonyl (C=O) groups excluding carboxylic acids is 3. The van der Waals surface area contributed by atoms with Crippen molar-refractivity contribution >= 4 is 39.4 Å². The van der Waals surface area contributed by atoms with Gasteiger partial charge in [-0.2, -0.15) is 13.7 Å². The summed E-state index contributed by atoms with van der Waals surface area (Å²) in [5.41, 5.74) is 0.884. The fourth-order valence-corrected chi connectivity index (χ4v) is 5.08. The first-order valence-electron chi connectivity index (χ1n) is 11.0. The number of nitrogens with one attached hydrogen (secondary N) is 1. The number of amides is 4. The van der Waals surface area contributed by atoms with Crippen molar-refractivity contribution in [3.8, 4) is 6.07 Å². The van der Waals surface area contributed by atoms with Crippen molar-refractivity contribution in [3.05, 3.63) is 59.7 Å². The van der Waals surface area contributed by atoms with Gasteiger partial charge in [0.2, 0.25) is 0 Å². The van der Waals surface area contributed by atoms with Crippen LogP contribution < -0.4 is 5.32 Å². The number of carbonyl (C=O) groups is 3. The van der Waals surface area contributed by atoms with E-state index < -0.39 is 33.8 Å². The molecule has 0 spiro atoms. The van der Waals surface area contributed by atoms with E-state index in [2.05, 4.69) is 9.71 Å². The van der Waals surface area contributed by atoms with E-state index in [0.717, 1.165) is 9.80 Å². The normalized spacial score (nSPS) is 19.2. The van der Waals surface area contributed by atoms with Gasteiger partial charge in [-0.15, -0.1) is 4.40 Å². The van der Waals surface area contributed by atoms with Crippen LogP contribution in [-0.4, -0.2) is 48.4 Å². The van der Waals surface area contributed by atoms with Crippen LogP contribution in [0.1, 0.15) is 31.4 Å². The average Bonchev–Trinajstić information content (AvgIpc) is 2.81. The number of urea groups is 1. The van der Waals surface area contributed by atoms with Crippen LogP contribution >= 0.6 is 0 Å². The lowest BCUT2D eigenvalue weighted by Gasteiger charge is -2.38. The molecule has 180 valence electrons. The van der Waals surface area contributed by atoms with Gasteiger partial charge in [0.05, 0.1) is 23.9 Å². The number of nitriles is 1. The van der Waals surface area contributed by atoms with E-state index in [1.165, 1.54) is 18.2 Å². The van der Waals surface area contributed by atoms with E-state index in [0.29, 0.717) is 12.0 Å². The molecule has 1 saturated heterocycles. The maximum Gasteiger partial charge on any atom is 0.333 e. The van der Waals surface area contributed by atoms with Gasteiger partial charge in [0.25, 0.3) is 21.8 Å². The third-order valence-electron chi connectivity index (χ3n) is 5.80. The molecule has 10 nitrogen and oxygen atoms in total. The predicted molar refractivity (Wildman–Crippen MR) is 126 cm³/mol. The molecule has 1 N–H and O–H groups in total. The van der Waals surface area contributed by atoms with Gasteiger partial charge in [0.1, 0.15) is 10.7 Å². The summed E-state index contributed by atoms with van der Waals surface area (Å²) in [5.74, 6) is -3.60. The molecule has 2 aromatic carbocycles. The van der Waals surface area contributed by atoms with Gasteiger partial charge in [-0.25, -0.2) is 4.79 Å². The van der Waals surface area contributed by atoms with E-state index >= 15 is 0 Å². The van der Waals surface area contributed by atoms with E-state index in [1.807, 2.05) is 19.9 Å². The number of benzene rings is 2. The summed E-state index contributed by atoms with van der Waals surface area (Å²) in [5, 5.41) is 12.2. The van der Waals surface area contributed by atoms with Crippen molar-refractivity contribution < 1.29 is 22.8 Å². The molecule has 1 atom stereocenters. The van der Waals surface area contributed by atoms with Gasteiger partial charge < -0.3 is 5.32 Å². The van der Waals surface area contributed by atoms with Crippen LogP contribution in [0.3, 0.4) is 0 Å². The summed E-state index contributed by atoms with van der Waals surface area (Å²) in [7, 11) is -4.18. The fraction of sp³-hybridized carbons (Fsp3) is 0.292. The molecule has 0 saturated carbocycles.